The maximum absolute atomic E-state index is 4.08. The Morgan fingerprint density at radius 1 is 1.00 bits per heavy atom. The van der Waals surface area contributed by atoms with Crippen LogP contribution in [0.2, 0.25) is 0 Å². The molecule has 0 radical (unpaired) electrons. The van der Waals surface area contributed by atoms with Crippen LogP contribution in [0.4, 0.5) is 0 Å². The Morgan fingerprint density at radius 2 is 2.00 bits per heavy atom. The van der Waals surface area contributed by atoms with Crippen LogP contribution in [0.1, 0.15) is 0 Å². The summed E-state index contributed by atoms with van der Waals surface area (Å²) in [4.78, 5) is 8.01. The summed E-state index contributed by atoms with van der Waals surface area (Å²) in [5, 5.41) is 7.64. The maximum Gasteiger partial charge on any atom is 0.113 e. The van der Waals surface area contributed by atoms with Gasteiger partial charge in [-0.3, -0.25) is 9.97 Å². The van der Waals surface area contributed by atoms with Crippen molar-refractivity contribution in [2.45, 2.75) is 0 Å². The molecule has 4 nitrogen and oxygen atoms in total. The van der Waals surface area contributed by atoms with E-state index in [1.807, 2.05) is 12.1 Å². The van der Waals surface area contributed by atoms with Crippen LogP contribution in [0, 0.1) is 0 Å². The highest BCUT2D eigenvalue weighted by Crippen LogP contribution is 2.08. The van der Waals surface area contributed by atoms with Gasteiger partial charge >= 0.3 is 0 Å². The first-order valence-electron chi connectivity index (χ1n) is 3.51. The second-order valence-corrected chi connectivity index (χ2v) is 2.20. The van der Waals surface area contributed by atoms with E-state index in [1.165, 1.54) is 0 Å². The fourth-order valence-electron chi connectivity index (χ4n) is 0.870. The fraction of sp³-hybridized carbons (Fsp3) is 0. The Balaban J connectivity index is 2.46. The summed E-state index contributed by atoms with van der Waals surface area (Å²) in [5.74, 6) is 0. The van der Waals surface area contributed by atoms with Crippen LogP contribution in [-0.2, 0) is 0 Å². The normalized spacial score (nSPS) is 9.67. The Labute approximate surface area is 69.3 Å². The third-order valence-electron chi connectivity index (χ3n) is 1.40. The van der Waals surface area contributed by atoms with E-state index in [1.54, 1.807) is 24.8 Å². The summed E-state index contributed by atoms with van der Waals surface area (Å²) in [5.41, 5.74) is 1.48. The molecule has 0 fully saturated rings. The highest BCUT2D eigenvalue weighted by molar-refractivity contribution is 5.50. The summed E-state index contributed by atoms with van der Waals surface area (Å²) >= 11 is 0. The van der Waals surface area contributed by atoms with Crippen molar-refractivity contribution >= 4 is 0 Å². The highest BCUT2D eigenvalue weighted by atomic mass is 15.1. The van der Waals surface area contributed by atoms with Crippen LogP contribution in [0.3, 0.4) is 0 Å². The van der Waals surface area contributed by atoms with E-state index in [0.717, 1.165) is 11.4 Å². The standard InChI is InChI=1S/C8H6N4/c1-2-7(12-11-3-1)8-6-9-4-5-10-8/h1-6H. The van der Waals surface area contributed by atoms with Crippen molar-refractivity contribution in [3.05, 3.63) is 36.9 Å². The smallest absolute Gasteiger partial charge is 0.113 e. The molecule has 0 aliphatic carbocycles. The molecule has 2 aromatic rings. The number of rotatable bonds is 1. The van der Waals surface area contributed by atoms with Gasteiger partial charge in [0.1, 0.15) is 11.4 Å². The molecule has 0 N–H and O–H groups in total. The summed E-state index contributed by atoms with van der Waals surface area (Å²) in [7, 11) is 0. The number of hydrogen-bond donors (Lipinski definition) is 0. The SMILES string of the molecule is c1cnnc(-c2cnccn2)c1. The zero-order chi connectivity index (χ0) is 8.23. The quantitative estimate of drug-likeness (QED) is 0.619. The molecule has 0 amide bonds. The fourth-order valence-corrected chi connectivity index (χ4v) is 0.870. The molecule has 0 aromatic carbocycles. The molecule has 12 heavy (non-hydrogen) atoms. The molecule has 2 aromatic heterocycles. The Kier molecular flexibility index (Phi) is 1.74. The monoisotopic (exact) mass is 158 g/mol. The zero-order valence-electron chi connectivity index (χ0n) is 6.25. The van der Waals surface area contributed by atoms with Gasteiger partial charge in [-0.25, -0.2) is 0 Å². The molecule has 0 aliphatic rings. The van der Waals surface area contributed by atoms with Gasteiger partial charge in [-0.05, 0) is 12.1 Å². The van der Waals surface area contributed by atoms with Gasteiger partial charge in [0.15, 0.2) is 0 Å². The van der Waals surface area contributed by atoms with Gasteiger partial charge in [0, 0.05) is 18.6 Å². The van der Waals surface area contributed by atoms with Crippen molar-refractivity contribution in [1.29, 1.82) is 0 Å². The molecule has 0 atom stereocenters. The number of nitrogens with zero attached hydrogens (tertiary/aromatic N) is 4. The number of aromatic nitrogens is 4. The van der Waals surface area contributed by atoms with Crippen molar-refractivity contribution in [2.75, 3.05) is 0 Å². The first-order valence-corrected chi connectivity index (χ1v) is 3.51. The molecule has 0 saturated heterocycles. The van der Waals surface area contributed by atoms with E-state index in [2.05, 4.69) is 20.2 Å². The molecule has 58 valence electrons. The molecule has 0 bridgehead atoms. The van der Waals surface area contributed by atoms with Gasteiger partial charge in [0.25, 0.3) is 0 Å². The number of hydrogen-bond acceptors (Lipinski definition) is 4. The Hall–Kier alpha value is -1.84. The minimum atomic E-state index is 0.741. The first kappa shape index (κ1) is 6.84. The van der Waals surface area contributed by atoms with Gasteiger partial charge in [-0.15, -0.1) is 5.10 Å². The van der Waals surface area contributed by atoms with Crippen molar-refractivity contribution < 1.29 is 0 Å². The van der Waals surface area contributed by atoms with Gasteiger partial charge < -0.3 is 0 Å². The van der Waals surface area contributed by atoms with E-state index in [9.17, 15) is 0 Å². The van der Waals surface area contributed by atoms with Crippen molar-refractivity contribution in [3.63, 3.8) is 0 Å². The summed E-state index contributed by atoms with van der Waals surface area (Å²) in [6, 6.07) is 3.66. The highest BCUT2D eigenvalue weighted by Gasteiger charge is 1.97. The first-order chi connectivity index (χ1) is 5.97. The van der Waals surface area contributed by atoms with Gasteiger partial charge in [0.05, 0.1) is 6.20 Å². The third kappa shape index (κ3) is 1.27. The molecule has 0 aliphatic heterocycles. The van der Waals surface area contributed by atoms with Crippen LogP contribution in [0.25, 0.3) is 11.4 Å². The molecule has 2 rings (SSSR count). The minimum absolute atomic E-state index is 0.741. The lowest BCUT2D eigenvalue weighted by molar-refractivity contribution is 1.02. The maximum atomic E-state index is 4.08. The predicted octanol–water partition coefficient (Wildman–Crippen LogP) is 0.934. The Bertz CT molecular complexity index is 308. The van der Waals surface area contributed by atoms with E-state index in [-0.39, 0.29) is 0 Å². The van der Waals surface area contributed by atoms with E-state index >= 15 is 0 Å². The molecule has 0 spiro atoms. The Morgan fingerprint density at radius 3 is 2.67 bits per heavy atom. The summed E-state index contributed by atoms with van der Waals surface area (Å²) < 4.78 is 0. The van der Waals surface area contributed by atoms with E-state index < -0.39 is 0 Å². The van der Waals surface area contributed by atoms with Gasteiger partial charge in [0.2, 0.25) is 0 Å². The molecular weight excluding hydrogens is 152 g/mol. The molecule has 2 heterocycles. The molecule has 0 saturated carbocycles. The summed E-state index contributed by atoms with van der Waals surface area (Å²) in [6.07, 6.45) is 6.54. The zero-order valence-corrected chi connectivity index (χ0v) is 6.25. The van der Waals surface area contributed by atoms with Crippen molar-refractivity contribution in [1.82, 2.24) is 20.2 Å². The van der Waals surface area contributed by atoms with Crippen molar-refractivity contribution in [3.8, 4) is 11.4 Å². The van der Waals surface area contributed by atoms with Crippen LogP contribution in [-0.4, -0.2) is 20.2 Å². The van der Waals surface area contributed by atoms with Crippen LogP contribution in [0.5, 0.6) is 0 Å². The second-order valence-electron chi connectivity index (χ2n) is 2.20. The van der Waals surface area contributed by atoms with E-state index in [4.69, 9.17) is 0 Å². The lowest BCUT2D eigenvalue weighted by Gasteiger charge is -1.94. The van der Waals surface area contributed by atoms with Crippen LogP contribution < -0.4 is 0 Å². The molecule has 4 heteroatoms. The minimum Gasteiger partial charge on any atom is -0.261 e. The lowest BCUT2D eigenvalue weighted by Crippen LogP contribution is -1.88. The predicted molar refractivity (Wildman–Crippen MR) is 43.1 cm³/mol. The second kappa shape index (κ2) is 3.04. The average Bonchev–Trinajstić information content (AvgIpc) is 2.21. The van der Waals surface area contributed by atoms with Crippen LogP contribution in [0.15, 0.2) is 36.9 Å². The van der Waals surface area contributed by atoms with Gasteiger partial charge in [-0.1, -0.05) is 0 Å². The largest absolute Gasteiger partial charge is 0.261 e. The van der Waals surface area contributed by atoms with Crippen molar-refractivity contribution in [2.24, 2.45) is 0 Å². The van der Waals surface area contributed by atoms with E-state index in [0.29, 0.717) is 0 Å². The van der Waals surface area contributed by atoms with Crippen LogP contribution >= 0.6 is 0 Å². The molecule has 0 unspecified atom stereocenters. The van der Waals surface area contributed by atoms with Gasteiger partial charge in [-0.2, -0.15) is 5.10 Å². The summed E-state index contributed by atoms with van der Waals surface area (Å²) in [6.45, 7) is 0. The average molecular weight is 158 g/mol. The lowest BCUT2D eigenvalue weighted by atomic mass is 10.3. The third-order valence-corrected chi connectivity index (χ3v) is 1.40. The molecular formula is C8H6N4. The topological polar surface area (TPSA) is 51.6 Å².